The second-order valence-electron chi connectivity index (χ2n) is 8.86. The molecule has 5 nitrogen and oxygen atoms in total. The first-order valence-electron chi connectivity index (χ1n) is 11.1. The molecule has 0 radical (unpaired) electrons. The summed E-state index contributed by atoms with van der Waals surface area (Å²) in [4.78, 5) is 20.0. The zero-order chi connectivity index (χ0) is 19.3. The molecule has 3 aliphatic heterocycles. The molecular weight excluding hydrogens is 350 g/mol. The molecule has 0 atom stereocenters. The molecule has 0 N–H and O–H groups in total. The average molecular weight is 386 g/mol. The van der Waals surface area contributed by atoms with E-state index in [9.17, 15) is 4.79 Å². The maximum atomic E-state index is 12.6. The number of hydrogen-bond donors (Lipinski definition) is 0. The lowest BCUT2D eigenvalue weighted by Gasteiger charge is -2.42. The van der Waals surface area contributed by atoms with Crippen molar-refractivity contribution >= 4 is 12.0 Å². The third-order valence-electron chi connectivity index (χ3n) is 6.77. The number of furan rings is 1. The van der Waals surface area contributed by atoms with Crippen LogP contribution in [0.2, 0.25) is 0 Å². The number of hydrogen-bond acceptors (Lipinski definition) is 4. The molecule has 4 rings (SSSR count). The van der Waals surface area contributed by atoms with E-state index in [0.717, 1.165) is 51.3 Å². The van der Waals surface area contributed by atoms with Crippen molar-refractivity contribution in [3.05, 3.63) is 29.7 Å². The molecule has 1 aromatic heterocycles. The molecule has 0 bridgehead atoms. The lowest BCUT2D eigenvalue weighted by atomic mass is 9.92. The summed E-state index contributed by atoms with van der Waals surface area (Å²) in [7, 11) is 0. The summed E-state index contributed by atoms with van der Waals surface area (Å²) in [6, 6.07) is 4.65. The van der Waals surface area contributed by atoms with Crippen LogP contribution in [-0.2, 0) is 4.79 Å². The molecular formula is C23H35N3O2. The van der Waals surface area contributed by atoms with Gasteiger partial charge in [0.15, 0.2) is 0 Å². The second-order valence-corrected chi connectivity index (χ2v) is 8.86. The Morgan fingerprint density at radius 3 is 2.43 bits per heavy atom. The van der Waals surface area contributed by atoms with Crippen LogP contribution in [-0.4, -0.2) is 72.5 Å². The number of piperidine rings is 2. The van der Waals surface area contributed by atoms with Gasteiger partial charge < -0.3 is 14.2 Å². The molecule has 3 saturated heterocycles. The third-order valence-corrected chi connectivity index (χ3v) is 6.77. The van der Waals surface area contributed by atoms with Crippen LogP contribution in [0, 0.1) is 5.92 Å². The summed E-state index contributed by atoms with van der Waals surface area (Å²) in [5, 5.41) is 0. The fourth-order valence-corrected chi connectivity index (χ4v) is 5.16. The zero-order valence-electron chi connectivity index (χ0n) is 17.3. The van der Waals surface area contributed by atoms with E-state index in [0.29, 0.717) is 11.9 Å². The molecule has 154 valence electrons. The van der Waals surface area contributed by atoms with Crippen molar-refractivity contribution in [2.75, 3.05) is 45.8 Å². The smallest absolute Gasteiger partial charge is 0.225 e. The Morgan fingerprint density at radius 2 is 1.79 bits per heavy atom. The van der Waals surface area contributed by atoms with E-state index in [-0.39, 0.29) is 5.92 Å². The van der Waals surface area contributed by atoms with Crippen LogP contribution in [0.1, 0.15) is 51.2 Å². The van der Waals surface area contributed by atoms with Gasteiger partial charge in [0.25, 0.3) is 0 Å². The first kappa shape index (κ1) is 19.7. The highest BCUT2D eigenvalue weighted by Gasteiger charge is 2.33. The van der Waals surface area contributed by atoms with Gasteiger partial charge in [-0.1, -0.05) is 5.57 Å². The molecule has 3 fully saturated rings. The van der Waals surface area contributed by atoms with E-state index < -0.39 is 0 Å². The van der Waals surface area contributed by atoms with Crippen LogP contribution >= 0.6 is 0 Å². The van der Waals surface area contributed by atoms with E-state index >= 15 is 0 Å². The van der Waals surface area contributed by atoms with Crippen molar-refractivity contribution in [3.8, 4) is 0 Å². The van der Waals surface area contributed by atoms with Gasteiger partial charge in [0, 0.05) is 31.6 Å². The SMILES string of the molecule is C/C(=C\c1ccco1)CN1CCC(N2CCC(C(=O)N3CCCC3)CC2)CC1. The summed E-state index contributed by atoms with van der Waals surface area (Å²) >= 11 is 0. The normalized spacial score (nSPS) is 24.2. The Balaban J connectivity index is 1.19. The van der Waals surface area contributed by atoms with E-state index in [4.69, 9.17) is 4.42 Å². The number of amides is 1. The first-order valence-corrected chi connectivity index (χ1v) is 11.1. The Morgan fingerprint density at radius 1 is 1.07 bits per heavy atom. The molecule has 0 saturated carbocycles. The minimum Gasteiger partial charge on any atom is -0.465 e. The minimum absolute atomic E-state index is 0.281. The maximum absolute atomic E-state index is 12.6. The maximum Gasteiger partial charge on any atom is 0.225 e. The molecule has 0 unspecified atom stereocenters. The molecule has 0 aliphatic carbocycles. The van der Waals surface area contributed by atoms with Crippen LogP contribution in [0.15, 0.2) is 28.4 Å². The Kier molecular flexibility index (Phi) is 6.53. The topological polar surface area (TPSA) is 39.9 Å². The lowest BCUT2D eigenvalue weighted by molar-refractivity contribution is -0.136. The van der Waals surface area contributed by atoms with Crippen LogP contribution in [0.25, 0.3) is 6.08 Å². The zero-order valence-corrected chi connectivity index (χ0v) is 17.3. The molecule has 5 heteroatoms. The predicted octanol–water partition coefficient (Wildman–Crippen LogP) is 3.48. The van der Waals surface area contributed by atoms with E-state index in [2.05, 4.69) is 27.7 Å². The summed E-state index contributed by atoms with van der Waals surface area (Å²) in [5.74, 6) is 1.66. The molecule has 0 aromatic carbocycles. The van der Waals surface area contributed by atoms with Gasteiger partial charge in [-0.05, 0) is 89.8 Å². The first-order chi connectivity index (χ1) is 13.7. The van der Waals surface area contributed by atoms with Gasteiger partial charge in [0.1, 0.15) is 5.76 Å². The van der Waals surface area contributed by atoms with Crippen molar-refractivity contribution in [3.63, 3.8) is 0 Å². The minimum atomic E-state index is 0.281. The van der Waals surface area contributed by atoms with Gasteiger partial charge in [-0.25, -0.2) is 0 Å². The van der Waals surface area contributed by atoms with Crippen molar-refractivity contribution < 1.29 is 9.21 Å². The summed E-state index contributed by atoms with van der Waals surface area (Å²) in [5.41, 5.74) is 1.36. The molecule has 4 heterocycles. The van der Waals surface area contributed by atoms with Crippen molar-refractivity contribution in [1.82, 2.24) is 14.7 Å². The van der Waals surface area contributed by atoms with Gasteiger partial charge in [0.2, 0.25) is 5.91 Å². The van der Waals surface area contributed by atoms with Crippen LogP contribution in [0.3, 0.4) is 0 Å². The van der Waals surface area contributed by atoms with Crippen LogP contribution < -0.4 is 0 Å². The number of nitrogens with zero attached hydrogens (tertiary/aromatic N) is 3. The number of likely N-dealkylation sites (tertiary alicyclic amines) is 3. The number of carbonyl (C=O) groups excluding carboxylic acids is 1. The summed E-state index contributed by atoms with van der Waals surface area (Å²) in [6.45, 7) is 9.74. The molecule has 1 aromatic rings. The van der Waals surface area contributed by atoms with E-state index in [1.165, 1.54) is 44.3 Å². The number of rotatable bonds is 5. The average Bonchev–Trinajstić information content (AvgIpc) is 3.42. The standard InChI is InChI=1S/C23H35N3O2/c1-19(17-22-5-4-16-28-22)18-24-12-8-21(9-13-24)25-14-6-20(7-15-25)23(27)26-10-2-3-11-26/h4-5,16-17,20-21H,2-3,6-15,18H2,1H3/b19-17+. The second kappa shape index (κ2) is 9.27. The Bertz CT molecular complexity index is 647. The van der Waals surface area contributed by atoms with Gasteiger partial charge in [-0.2, -0.15) is 0 Å². The van der Waals surface area contributed by atoms with Gasteiger partial charge >= 0.3 is 0 Å². The monoisotopic (exact) mass is 385 g/mol. The van der Waals surface area contributed by atoms with Crippen molar-refractivity contribution in [2.24, 2.45) is 5.92 Å². The van der Waals surface area contributed by atoms with E-state index in [1.807, 2.05) is 12.1 Å². The summed E-state index contributed by atoms with van der Waals surface area (Å²) < 4.78 is 5.42. The number of carbonyl (C=O) groups is 1. The molecule has 3 aliphatic rings. The van der Waals surface area contributed by atoms with Gasteiger partial charge in [-0.3, -0.25) is 9.69 Å². The van der Waals surface area contributed by atoms with Crippen molar-refractivity contribution in [2.45, 2.75) is 51.5 Å². The van der Waals surface area contributed by atoms with Crippen LogP contribution in [0.4, 0.5) is 0 Å². The molecule has 0 spiro atoms. The lowest BCUT2D eigenvalue weighted by Crippen LogP contribution is -2.49. The molecule has 28 heavy (non-hydrogen) atoms. The third kappa shape index (κ3) is 4.87. The predicted molar refractivity (Wildman–Crippen MR) is 112 cm³/mol. The fourth-order valence-electron chi connectivity index (χ4n) is 5.16. The quantitative estimate of drug-likeness (QED) is 0.778. The van der Waals surface area contributed by atoms with Gasteiger partial charge in [0.05, 0.1) is 6.26 Å². The highest BCUT2D eigenvalue weighted by molar-refractivity contribution is 5.79. The van der Waals surface area contributed by atoms with Gasteiger partial charge in [-0.15, -0.1) is 0 Å². The van der Waals surface area contributed by atoms with Crippen molar-refractivity contribution in [1.29, 1.82) is 0 Å². The molecule has 1 amide bonds. The highest BCUT2D eigenvalue weighted by atomic mass is 16.3. The summed E-state index contributed by atoms with van der Waals surface area (Å²) in [6.07, 6.45) is 10.9. The Labute approximate surface area is 169 Å². The largest absolute Gasteiger partial charge is 0.465 e. The Hall–Kier alpha value is -1.59. The highest BCUT2D eigenvalue weighted by Crippen LogP contribution is 2.26. The van der Waals surface area contributed by atoms with Crippen LogP contribution in [0.5, 0.6) is 0 Å². The van der Waals surface area contributed by atoms with E-state index in [1.54, 1.807) is 6.26 Å². The fraction of sp³-hybridized carbons (Fsp3) is 0.696.